The van der Waals surface area contributed by atoms with E-state index in [9.17, 15) is 4.79 Å². The molecule has 0 aliphatic heterocycles. The average molecular weight is 198 g/mol. The summed E-state index contributed by atoms with van der Waals surface area (Å²) in [5, 5.41) is 11.7. The van der Waals surface area contributed by atoms with E-state index in [1.165, 1.54) is 6.42 Å². The molecule has 1 fully saturated rings. The SMILES string of the molecule is C=CCN(CCO)C(=O)NC1CCC1. The zero-order valence-electron chi connectivity index (χ0n) is 8.41. The van der Waals surface area contributed by atoms with Gasteiger partial charge in [-0.1, -0.05) is 6.08 Å². The van der Waals surface area contributed by atoms with Crippen molar-refractivity contribution in [3.05, 3.63) is 12.7 Å². The van der Waals surface area contributed by atoms with Crippen LogP contribution in [0.25, 0.3) is 0 Å². The van der Waals surface area contributed by atoms with E-state index in [1.807, 2.05) is 0 Å². The van der Waals surface area contributed by atoms with Gasteiger partial charge < -0.3 is 15.3 Å². The standard InChI is InChI=1S/C10H18N2O2/c1-2-6-12(7-8-13)10(14)11-9-4-3-5-9/h2,9,13H,1,3-8H2,(H,11,14). The molecule has 1 aliphatic rings. The van der Waals surface area contributed by atoms with Gasteiger partial charge in [0.25, 0.3) is 0 Å². The number of aliphatic hydroxyl groups excluding tert-OH is 1. The minimum absolute atomic E-state index is 0.00801. The van der Waals surface area contributed by atoms with E-state index in [0.717, 1.165) is 12.8 Å². The van der Waals surface area contributed by atoms with Crippen LogP contribution in [0.4, 0.5) is 4.79 Å². The van der Waals surface area contributed by atoms with E-state index < -0.39 is 0 Å². The van der Waals surface area contributed by atoms with Gasteiger partial charge in [-0.15, -0.1) is 6.58 Å². The zero-order valence-corrected chi connectivity index (χ0v) is 8.41. The van der Waals surface area contributed by atoms with Gasteiger partial charge in [-0.05, 0) is 19.3 Å². The van der Waals surface area contributed by atoms with Crippen LogP contribution < -0.4 is 5.32 Å². The number of rotatable bonds is 5. The maximum Gasteiger partial charge on any atom is 0.317 e. The first kappa shape index (κ1) is 11.0. The highest BCUT2D eigenvalue weighted by Gasteiger charge is 2.21. The van der Waals surface area contributed by atoms with Crippen molar-refractivity contribution in [3.8, 4) is 0 Å². The van der Waals surface area contributed by atoms with Crippen molar-refractivity contribution in [2.24, 2.45) is 0 Å². The Balaban J connectivity index is 2.31. The van der Waals surface area contributed by atoms with E-state index >= 15 is 0 Å². The lowest BCUT2D eigenvalue weighted by atomic mass is 9.93. The molecule has 0 spiro atoms. The third-order valence-corrected chi connectivity index (χ3v) is 2.44. The lowest BCUT2D eigenvalue weighted by Gasteiger charge is -2.30. The fourth-order valence-electron chi connectivity index (χ4n) is 1.37. The summed E-state index contributed by atoms with van der Waals surface area (Å²) in [4.78, 5) is 13.1. The number of carbonyl (C=O) groups excluding carboxylic acids is 1. The third kappa shape index (κ3) is 3.03. The molecule has 80 valence electrons. The molecule has 1 rings (SSSR count). The quantitative estimate of drug-likeness (QED) is 0.640. The second kappa shape index (κ2) is 5.65. The number of hydrogen-bond donors (Lipinski definition) is 2. The van der Waals surface area contributed by atoms with E-state index in [4.69, 9.17) is 5.11 Å². The number of carbonyl (C=O) groups is 1. The fourth-order valence-corrected chi connectivity index (χ4v) is 1.37. The molecule has 0 bridgehead atoms. The molecule has 0 aromatic carbocycles. The summed E-state index contributed by atoms with van der Waals surface area (Å²) in [6.45, 7) is 4.42. The molecule has 1 aliphatic carbocycles. The Morgan fingerprint density at radius 2 is 2.36 bits per heavy atom. The summed E-state index contributed by atoms with van der Waals surface area (Å²) < 4.78 is 0. The molecule has 4 heteroatoms. The van der Waals surface area contributed by atoms with E-state index in [0.29, 0.717) is 19.1 Å². The molecular formula is C10H18N2O2. The minimum Gasteiger partial charge on any atom is -0.395 e. The summed E-state index contributed by atoms with van der Waals surface area (Å²) in [6, 6.07) is 0.247. The Labute approximate surface area is 84.6 Å². The van der Waals surface area contributed by atoms with Crippen molar-refractivity contribution < 1.29 is 9.90 Å². The Hall–Kier alpha value is -1.03. The second-order valence-corrected chi connectivity index (χ2v) is 3.54. The summed E-state index contributed by atoms with van der Waals surface area (Å²) in [5.41, 5.74) is 0. The van der Waals surface area contributed by atoms with Crippen molar-refractivity contribution in [3.63, 3.8) is 0 Å². The van der Waals surface area contributed by atoms with Gasteiger partial charge >= 0.3 is 6.03 Å². The van der Waals surface area contributed by atoms with Crippen LogP contribution in [0.1, 0.15) is 19.3 Å². The molecule has 0 radical (unpaired) electrons. The Morgan fingerprint density at radius 3 is 2.79 bits per heavy atom. The van der Waals surface area contributed by atoms with Gasteiger partial charge in [0.15, 0.2) is 0 Å². The number of amides is 2. The highest BCUT2D eigenvalue weighted by molar-refractivity contribution is 5.74. The highest BCUT2D eigenvalue weighted by Crippen LogP contribution is 2.18. The van der Waals surface area contributed by atoms with Gasteiger partial charge in [0, 0.05) is 19.1 Å². The predicted molar refractivity (Wildman–Crippen MR) is 55.0 cm³/mol. The van der Waals surface area contributed by atoms with Crippen LogP contribution in [0, 0.1) is 0 Å². The fraction of sp³-hybridized carbons (Fsp3) is 0.700. The first-order chi connectivity index (χ1) is 6.77. The number of urea groups is 1. The second-order valence-electron chi connectivity index (χ2n) is 3.54. The smallest absolute Gasteiger partial charge is 0.317 e. The Morgan fingerprint density at radius 1 is 1.64 bits per heavy atom. The van der Waals surface area contributed by atoms with Crippen molar-refractivity contribution in [2.75, 3.05) is 19.7 Å². The molecule has 14 heavy (non-hydrogen) atoms. The molecule has 1 saturated carbocycles. The molecule has 2 N–H and O–H groups in total. The minimum atomic E-state index is -0.0938. The maximum atomic E-state index is 11.6. The van der Waals surface area contributed by atoms with Gasteiger partial charge in [-0.25, -0.2) is 4.79 Å². The molecule has 0 saturated heterocycles. The molecule has 2 amide bonds. The summed E-state index contributed by atoms with van der Waals surface area (Å²) in [6.07, 6.45) is 5.02. The predicted octanol–water partition coefficient (Wildman–Crippen LogP) is 0.729. The summed E-state index contributed by atoms with van der Waals surface area (Å²) >= 11 is 0. The first-order valence-electron chi connectivity index (χ1n) is 5.05. The normalized spacial score (nSPS) is 15.8. The average Bonchev–Trinajstić information content (AvgIpc) is 2.11. The number of nitrogens with one attached hydrogen (secondary N) is 1. The van der Waals surface area contributed by atoms with Crippen molar-refractivity contribution in [1.29, 1.82) is 0 Å². The van der Waals surface area contributed by atoms with Crippen LogP contribution in [-0.4, -0.2) is 41.8 Å². The van der Waals surface area contributed by atoms with Crippen LogP contribution in [0.3, 0.4) is 0 Å². The summed E-state index contributed by atoms with van der Waals surface area (Å²) in [7, 11) is 0. The maximum absolute atomic E-state index is 11.6. The van der Waals surface area contributed by atoms with Crippen molar-refractivity contribution in [2.45, 2.75) is 25.3 Å². The van der Waals surface area contributed by atoms with Crippen LogP contribution in [-0.2, 0) is 0 Å². The lowest BCUT2D eigenvalue weighted by molar-refractivity contribution is 0.174. The molecule has 0 unspecified atom stereocenters. The Kier molecular flexibility index (Phi) is 4.46. The lowest BCUT2D eigenvalue weighted by Crippen LogP contribution is -2.48. The molecular weight excluding hydrogens is 180 g/mol. The van der Waals surface area contributed by atoms with Gasteiger partial charge in [-0.2, -0.15) is 0 Å². The van der Waals surface area contributed by atoms with Gasteiger partial charge in [0.05, 0.1) is 6.61 Å². The molecule has 0 atom stereocenters. The summed E-state index contributed by atoms with van der Waals surface area (Å²) in [5.74, 6) is 0. The number of nitrogens with zero attached hydrogens (tertiary/aromatic N) is 1. The van der Waals surface area contributed by atoms with Crippen LogP contribution in [0.2, 0.25) is 0 Å². The number of aliphatic hydroxyl groups is 1. The zero-order chi connectivity index (χ0) is 10.4. The van der Waals surface area contributed by atoms with E-state index in [1.54, 1.807) is 11.0 Å². The molecule has 0 aromatic heterocycles. The van der Waals surface area contributed by atoms with Gasteiger partial charge in [-0.3, -0.25) is 0 Å². The molecule has 4 nitrogen and oxygen atoms in total. The Bertz CT molecular complexity index is 202. The molecule has 0 heterocycles. The van der Waals surface area contributed by atoms with E-state index in [-0.39, 0.29) is 12.6 Å². The first-order valence-corrected chi connectivity index (χ1v) is 5.05. The third-order valence-electron chi connectivity index (χ3n) is 2.44. The highest BCUT2D eigenvalue weighted by atomic mass is 16.3. The number of hydrogen-bond acceptors (Lipinski definition) is 2. The van der Waals surface area contributed by atoms with Crippen molar-refractivity contribution >= 4 is 6.03 Å². The van der Waals surface area contributed by atoms with Crippen LogP contribution in [0.5, 0.6) is 0 Å². The van der Waals surface area contributed by atoms with Crippen molar-refractivity contribution in [1.82, 2.24) is 10.2 Å². The van der Waals surface area contributed by atoms with Gasteiger partial charge in [0.2, 0.25) is 0 Å². The van der Waals surface area contributed by atoms with Gasteiger partial charge in [0.1, 0.15) is 0 Å². The largest absolute Gasteiger partial charge is 0.395 e. The van der Waals surface area contributed by atoms with Crippen LogP contribution >= 0.6 is 0 Å². The van der Waals surface area contributed by atoms with E-state index in [2.05, 4.69) is 11.9 Å². The monoisotopic (exact) mass is 198 g/mol. The van der Waals surface area contributed by atoms with Crippen LogP contribution in [0.15, 0.2) is 12.7 Å². The molecule has 0 aromatic rings. The topological polar surface area (TPSA) is 52.6 Å².